The lowest BCUT2D eigenvalue weighted by atomic mass is 9.92. The first kappa shape index (κ1) is 21.1. The highest BCUT2D eigenvalue weighted by molar-refractivity contribution is 5.75. The van der Waals surface area contributed by atoms with E-state index >= 15 is 0 Å². The molecule has 154 valence electrons. The average Bonchev–Trinajstić information content (AvgIpc) is 3.20. The van der Waals surface area contributed by atoms with Crippen molar-refractivity contribution >= 4 is 12.0 Å². The molecule has 2 saturated heterocycles. The number of likely N-dealkylation sites (N-methyl/N-ethyl adjacent to an activating group) is 1. The molecule has 1 aromatic carbocycles. The van der Waals surface area contributed by atoms with Crippen LogP contribution in [-0.4, -0.2) is 61.0 Å². The van der Waals surface area contributed by atoms with Crippen LogP contribution in [0.15, 0.2) is 36.4 Å². The van der Waals surface area contributed by atoms with Crippen molar-refractivity contribution in [2.75, 3.05) is 39.3 Å². The number of carbonyl (C=O) groups excluding carboxylic acids is 1. The third kappa shape index (κ3) is 6.75. The quantitative estimate of drug-likeness (QED) is 0.705. The fourth-order valence-corrected chi connectivity index (χ4v) is 4.56. The van der Waals surface area contributed by atoms with Crippen LogP contribution in [0.5, 0.6) is 0 Å². The highest BCUT2D eigenvalue weighted by Crippen LogP contribution is 2.22. The minimum Gasteiger partial charge on any atom is -0.355 e. The number of likely N-dealkylation sites (tertiary alicyclic amines) is 2. The van der Waals surface area contributed by atoms with Gasteiger partial charge in [-0.15, -0.1) is 0 Å². The molecule has 1 atom stereocenters. The number of nitrogens with zero attached hydrogens (tertiary/aromatic N) is 2. The lowest BCUT2D eigenvalue weighted by Gasteiger charge is -2.31. The highest BCUT2D eigenvalue weighted by atomic mass is 16.1. The first-order chi connectivity index (χ1) is 13.7. The Morgan fingerprint density at radius 3 is 2.68 bits per heavy atom. The zero-order valence-electron chi connectivity index (χ0n) is 17.5. The third-order valence-electron chi connectivity index (χ3n) is 6.40. The molecule has 0 spiro atoms. The Bertz CT molecular complexity index is 608. The molecular formula is C24H37N3O. The Balaban J connectivity index is 1.27. The second-order valence-corrected chi connectivity index (χ2v) is 8.32. The van der Waals surface area contributed by atoms with Crippen LogP contribution in [0.25, 0.3) is 6.08 Å². The van der Waals surface area contributed by atoms with Crippen LogP contribution in [0.1, 0.15) is 51.0 Å². The van der Waals surface area contributed by atoms with Crippen molar-refractivity contribution in [3.63, 3.8) is 0 Å². The van der Waals surface area contributed by atoms with E-state index in [9.17, 15) is 4.79 Å². The van der Waals surface area contributed by atoms with E-state index in [0.717, 1.165) is 39.1 Å². The summed E-state index contributed by atoms with van der Waals surface area (Å²) in [5.74, 6) is 0.954. The maximum absolute atomic E-state index is 12.2. The fourth-order valence-electron chi connectivity index (χ4n) is 4.56. The van der Waals surface area contributed by atoms with Gasteiger partial charge in [-0.25, -0.2) is 0 Å². The molecule has 1 aromatic rings. The summed E-state index contributed by atoms with van der Waals surface area (Å²) >= 11 is 0. The zero-order valence-corrected chi connectivity index (χ0v) is 17.5. The number of nitrogens with one attached hydrogen (secondary N) is 1. The van der Waals surface area contributed by atoms with Crippen LogP contribution in [0.3, 0.4) is 0 Å². The van der Waals surface area contributed by atoms with Crippen LogP contribution >= 0.6 is 0 Å². The first-order valence-corrected chi connectivity index (χ1v) is 11.2. The fraction of sp³-hybridized carbons (Fsp3) is 0.625. The van der Waals surface area contributed by atoms with E-state index in [2.05, 4.69) is 64.5 Å². The molecule has 4 heteroatoms. The standard InChI is InChI=1S/C24H37N3O/c1-2-27-17-7-11-23(27)20-25-24(28)13-12-22-14-18-26(19-15-22)16-6-10-21-8-4-3-5-9-21/h3-6,8-10,22-23H,2,7,11-20H2,1H3,(H,25,28)/b10-6+/t23-/m1/s1. The van der Waals surface area contributed by atoms with Crippen LogP contribution in [-0.2, 0) is 4.79 Å². The highest BCUT2D eigenvalue weighted by Gasteiger charge is 2.23. The number of hydrogen-bond donors (Lipinski definition) is 1. The molecule has 0 aromatic heterocycles. The van der Waals surface area contributed by atoms with Gasteiger partial charge in [-0.1, -0.05) is 49.4 Å². The van der Waals surface area contributed by atoms with Crippen molar-refractivity contribution in [2.24, 2.45) is 5.92 Å². The summed E-state index contributed by atoms with van der Waals surface area (Å²) < 4.78 is 0. The van der Waals surface area contributed by atoms with Crippen molar-refractivity contribution in [1.29, 1.82) is 0 Å². The molecule has 3 rings (SSSR count). The molecule has 0 unspecified atom stereocenters. The normalized spacial score (nSPS) is 22.1. The van der Waals surface area contributed by atoms with E-state index in [4.69, 9.17) is 0 Å². The second-order valence-electron chi connectivity index (χ2n) is 8.32. The number of amides is 1. The van der Waals surface area contributed by atoms with Crippen molar-refractivity contribution in [1.82, 2.24) is 15.1 Å². The largest absolute Gasteiger partial charge is 0.355 e. The molecule has 2 aliphatic rings. The Hall–Kier alpha value is -1.65. The topological polar surface area (TPSA) is 35.6 Å². The molecule has 4 nitrogen and oxygen atoms in total. The Morgan fingerprint density at radius 2 is 1.93 bits per heavy atom. The second kappa shape index (κ2) is 11.4. The predicted molar refractivity (Wildman–Crippen MR) is 117 cm³/mol. The molecule has 0 saturated carbocycles. The molecule has 2 aliphatic heterocycles. The van der Waals surface area contributed by atoms with E-state index in [1.807, 2.05) is 0 Å². The molecule has 2 heterocycles. The Labute approximate surface area is 171 Å². The SMILES string of the molecule is CCN1CCC[C@@H]1CNC(=O)CCC1CCN(C/C=C/c2ccccc2)CC1. The van der Waals surface area contributed by atoms with Crippen molar-refractivity contribution < 1.29 is 4.79 Å². The number of hydrogen-bond acceptors (Lipinski definition) is 3. The van der Waals surface area contributed by atoms with Gasteiger partial charge >= 0.3 is 0 Å². The molecule has 0 aliphatic carbocycles. The third-order valence-corrected chi connectivity index (χ3v) is 6.40. The summed E-state index contributed by atoms with van der Waals surface area (Å²) in [6, 6.07) is 11.0. The van der Waals surface area contributed by atoms with E-state index in [-0.39, 0.29) is 5.91 Å². The maximum Gasteiger partial charge on any atom is 0.220 e. The van der Waals surface area contributed by atoms with Gasteiger partial charge < -0.3 is 5.32 Å². The Kier molecular flexibility index (Phi) is 8.56. The number of benzene rings is 1. The first-order valence-electron chi connectivity index (χ1n) is 11.2. The zero-order chi connectivity index (χ0) is 19.6. The molecule has 28 heavy (non-hydrogen) atoms. The molecule has 0 bridgehead atoms. The predicted octanol–water partition coefficient (Wildman–Crippen LogP) is 3.79. The minimum atomic E-state index is 0.246. The average molecular weight is 384 g/mol. The lowest BCUT2D eigenvalue weighted by molar-refractivity contribution is -0.121. The van der Waals surface area contributed by atoms with Gasteiger partial charge in [0.05, 0.1) is 0 Å². The van der Waals surface area contributed by atoms with Gasteiger partial charge in [-0.2, -0.15) is 0 Å². The van der Waals surface area contributed by atoms with Gasteiger partial charge in [0, 0.05) is 25.6 Å². The van der Waals surface area contributed by atoms with Crippen LogP contribution in [0, 0.1) is 5.92 Å². The number of rotatable bonds is 9. The van der Waals surface area contributed by atoms with Gasteiger partial charge in [0.25, 0.3) is 0 Å². The molecule has 2 fully saturated rings. The summed E-state index contributed by atoms with van der Waals surface area (Å²) in [4.78, 5) is 17.2. The van der Waals surface area contributed by atoms with Crippen molar-refractivity contribution in [3.05, 3.63) is 42.0 Å². The lowest BCUT2D eigenvalue weighted by Crippen LogP contribution is -2.40. The molecule has 0 radical (unpaired) electrons. The van der Waals surface area contributed by atoms with E-state index in [1.165, 1.54) is 37.8 Å². The Morgan fingerprint density at radius 1 is 1.14 bits per heavy atom. The minimum absolute atomic E-state index is 0.246. The summed E-state index contributed by atoms with van der Waals surface area (Å²) in [7, 11) is 0. The monoisotopic (exact) mass is 383 g/mol. The van der Waals surface area contributed by atoms with Gasteiger partial charge in [-0.3, -0.25) is 14.6 Å². The molecular weight excluding hydrogens is 346 g/mol. The summed E-state index contributed by atoms with van der Waals surface area (Å²) in [5, 5.41) is 3.18. The summed E-state index contributed by atoms with van der Waals surface area (Å²) in [5.41, 5.74) is 1.27. The van der Waals surface area contributed by atoms with E-state index < -0.39 is 0 Å². The van der Waals surface area contributed by atoms with E-state index in [1.54, 1.807) is 0 Å². The van der Waals surface area contributed by atoms with Crippen molar-refractivity contribution in [3.8, 4) is 0 Å². The van der Waals surface area contributed by atoms with Gasteiger partial charge in [0.1, 0.15) is 0 Å². The van der Waals surface area contributed by atoms with Gasteiger partial charge in [0.15, 0.2) is 0 Å². The smallest absolute Gasteiger partial charge is 0.220 e. The van der Waals surface area contributed by atoms with Gasteiger partial charge in [-0.05, 0) is 69.8 Å². The molecule has 1 N–H and O–H groups in total. The van der Waals surface area contributed by atoms with Crippen molar-refractivity contribution in [2.45, 2.75) is 51.5 Å². The van der Waals surface area contributed by atoms with Crippen LogP contribution in [0.2, 0.25) is 0 Å². The number of carbonyl (C=O) groups is 1. The van der Waals surface area contributed by atoms with Crippen LogP contribution < -0.4 is 5.32 Å². The summed E-state index contributed by atoms with van der Waals surface area (Å²) in [6.45, 7) is 8.66. The van der Waals surface area contributed by atoms with Crippen LogP contribution in [0.4, 0.5) is 0 Å². The number of piperidine rings is 1. The maximum atomic E-state index is 12.2. The van der Waals surface area contributed by atoms with E-state index in [0.29, 0.717) is 18.4 Å². The van der Waals surface area contributed by atoms with Gasteiger partial charge in [0.2, 0.25) is 5.91 Å². The summed E-state index contributed by atoms with van der Waals surface area (Å²) in [6.07, 6.45) is 11.2. The molecule has 1 amide bonds.